The number of hydrogen-bond donors (Lipinski definition) is 0. The number of benzene rings is 4. The fraction of sp³-hybridized carbons (Fsp3) is 0.182. The number of fused-ring (bicyclic) bond motifs is 1. The van der Waals surface area contributed by atoms with E-state index in [2.05, 4.69) is 124 Å². The van der Waals surface area contributed by atoms with E-state index in [0.29, 0.717) is 11.8 Å². The van der Waals surface area contributed by atoms with Gasteiger partial charge in [-0.15, -0.1) is 0 Å². The van der Waals surface area contributed by atoms with Crippen LogP contribution in [0.3, 0.4) is 0 Å². The molecule has 4 aromatic carbocycles. The average molecular weight is 442 g/mol. The van der Waals surface area contributed by atoms with Gasteiger partial charge in [0.15, 0.2) is 0 Å². The quantitative estimate of drug-likeness (QED) is 0.265. The molecule has 1 nitrogen and oxygen atoms in total. The first-order valence-electron chi connectivity index (χ1n) is 12.2. The molecule has 5 aromatic rings. The minimum Gasteiger partial charge on any atom is -0.265 e. The van der Waals surface area contributed by atoms with E-state index in [-0.39, 0.29) is 0 Å². The van der Waals surface area contributed by atoms with Gasteiger partial charge in [-0.25, -0.2) is 0 Å². The molecule has 0 fully saturated rings. The lowest BCUT2D eigenvalue weighted by Gasteiger charge is -2.21. The molecule has 168 valence electrons. The monoisotopic (exact) mass is 441 g/mol. The predicted octanol–water partition coefficient (Wildman–Crippen LogP) is 9.48. The first-order valence-corrected chi connectivity index (χ1v) is 12.2. The first kappa shape index (κ1) is 22.1. The highest BCUT2D eigenvalue weighted by Crippen LogP contribution is 2.45. The Balaban J connectivity index is 1.91. The van der Waals surface area contributed by atoms with E-state index in [9.17, 15) is 0 Å². The molecule has 0 bridgehead atoms. The Hall–Kier alpha value is -3.71. The summed E-state index contributed by atoms with van der Waals surface area (Å²) >= 11 is 0. The van der Waals surface area contributed by atoms with Crippen molar-refractivity contribution in [1.82, 2.24) is 4.98 Å². The smallest absolute Gasteiger partial charge is 0.0273 e. The molecule has 0 amide bonds. The van der Waals surface area contributed by atoms with Crippen LogP contribution in [0.15, 0.2) is 103 Å². The fourth-order valence-electron chi connectivity index (χ4n) is 4.77. The summed E-state index contributed by atoms with van der Waals surface area (Å²) in [7, 11) is 0. The summed E-state index contributed by atoms with van der Waals surface area (Å²) in [4.78, 5) is 4.31. The van der Waals surface area contributed by atoms with Gasteiger partial charge in [-0.2, -0.15) is 0 Å². The Morgan fingerprint density at radius 2 is 1.15 bits per heavy atom. The van der Waals surface area contributed by atoms with Gasteiger partial charge in [-0.1, -0.05) is 100 Å². The van der Waals surface area contributed by atoms with E-state index in [0.717, 1.165) is 0 Å². The molecule has 0 radical (unpaired) electrons. The summed E-state index contributed by atoms with van der Waals surface area (Å²) in [6.07, 6.45) is 3.79. The molecule has 34 heavy (non-hydrogen) atoms. The van der Waals surface area contributed by atoms with Gasteiger partial charge in [0.2, 0.25) is 0 Å². The highest BCUT2D eigenvalue weighted by molar-refractivity contribution is 6.10. The van der Waals surface area contributed by atoms with Crippen LogP contribution in [0.1, 0.15) is 50.7 Å². The normalized spacial score (nSPS) is 11.5. The van der Waals surface area contributed by atoms with Crippen LogP contribution >= 0.6 is 0 Å². The lowest BCUT2D eigenvalue weighted by Crippen LogP contribution is -1.95. The Morgan fingerprint density at radius 1 is 0.529 bits per heavy atom. The van der Waals surface area contributed by atoms with Crippen LogP contribution in [0.5, 0.6) is 0 Å². The van der Waals surface area contributed by atoms with Crippen LogP contribution in [0.4, 0.5) is 0 Å². The molecular formula is C33H31N. The van der Waals surface area contributed by atoms with Crippen LogP contribution in [0.25, 0.3) is 44.2 Å². The lowest BCUT2D eigenvalue weighted by atomic mass is 9.83. The summed E-state index contributed by atoms with van der Waals surface area (Å²) in [6, 6.07) is 33.5. The molecular weight excluding hydrogens is 410 g/mol. The number of pyridine rings is 1. The van der Waals surface area contributed by atoms with Crippen molar-refractivity contribution in [1.29, 1.82) is 0 Å². The van der Waals surface area contributed by atoms with E-state index in [1.54, 1.807) is 0 Å². The molecule has 1 heterocycles. The van der Waals surface area contributed by atoms with Crippen molar-refractivity contribution in [3.63, 3.8) is 0 Å². The van der Waals surface area contributed by atoms with Gasteiger partial charge in [0.05, 0.1) is 0 Å². The molecule has 0 atom stereocenters. The van der Waals surface area contributed by atoms with E-state index in [1.165, 1.54) is 55.3 Å². The van der Waals surface area contributed by atoms with Crippen LogP contribution in [-0.4, -0.2) is 4.98 Å². The number of nitrogens with zero attached hydrogens (tertiary/aromatic N) is 1. The molecule has 5 rings (SSSR count). The van der Waals surface area contributed by atoms with Crippen molar-refractivity contribution in [2.75, 3.05) is 0 Å². The lowest BCUT2D eigenvalue weighted by molar-refractivity contribution is 0.867. The van der Waals surface area contributed by atoms with E-state index >= 15 is 0 Å². The van der Waals surface area contributed by atoms with E-state index in [1.807, 2.05) is 12.4 Å². The molecule has 0 aliphatic rings. The Kier molecular flexibility index (Phi) is 6.02. The van der Waals surface area contributed by atoms with E-state index in [4.69, 9.17) is 0 Å². The molecule has 0 unspecified atom stereocenters. The van der Waals surface area contributed by atoms with Gasteiger partial charge in [0.1, 0.15) is 0 Å². The molecule has 0 aliphatic carbocycles. The third-order valence-corrected chi connectivity index (χ3v) is 6.75. The third kappa shape index (κ3) is 4.15. The minimum atomic E-state index is 0.470. The van der Waals surface area contributed by atoms with Gasteiger partial charge in [0, 0.05) is 12.4 Å². The molecule has 0 saturated carbocycles. The van der Waals surface area contributed by atoms with Crippen molar-refractivity contribution in [2.24, 2.45) is 0 Å². The standard InChI is InChI=1S/C33H31N/c1-22(2)24-10-12-25(13-11-24)30-21-29-15-14-28(23(3)4)20-31(29)33(27-16-18-34-19-17-27)32(30)26-8-6-5-7-9-26/h5-23H,1-4H3. The molecule has 0 saturated heterocycles. The summed E-state index contributed by atoms with van der Waals surface area (Å²) in [5.41, 5.74) is 10.2. The maximum absolute atomic E-state index is 4.31. The van der Waals surface area contributed by atoms with Gasteiger partial charge >= 0.3 is 0 Å². The van der Waals surface area contributed by atoms with Crippen molar-refractivity contribution in [3.05, 3.63) is 115 Å². The maximum Gasteiger partial charge on any atom is 0.0273 e. The second kappa shape index (κ2) is 9.27. The van der Waals surface area contributed by atoms with Crippen molar-refractivity contribution in [3.8, 4) is 33.4 Å². The zero-order valence-electron chi connectivity index (χ0n) is 20.4. The Bertz CT molecular complexity index is 1410. The highest BCUT2D eigenvalue weighted by Gasteiger charge is 2.19. The summed E-state index contributed by atoms with van der Waals surface area (Å²) in [6.45, 7) is 9.01. The predicted molar refractivity (Wildman–Crippen MR) is 146 cm³/mol. The Morgan fingerprint density at radius 3 is 1.79 bits per heavy atom. The minimum absolute atomic E-state index is 0.470. The molecule has 1 heteroatoms. The topological polar surface area (TPSA) is 12.9 Å². The zero-order chi connectivity index (χ0) is 23.7. The number of hydrogen-bond acceptors (Lipinski definition) is 1. The van der Waals surface area contributed by atoms with Crippen LogP contribution in [0, 0.1) is 0 Å². The van der Waals surface area contributed by atoms with Crippen molar-refractivity contribution < 1.29 is 0 Å². The van der Waals surface area contributed by atoms with Crippen LogP contribution in [0.2, 0.25) is 0 Å². The van der Waals surface area contributed by atoms with Gasteiger partial charge in [-0.05, 0) is 85.3 Å². The second-order valence-electron chi connectivity index (χ2n) is 9.69. The summed E-state index contributed by atoms with van der Waals surface area (Å²) < 4.78 is 0. The summed E-state index contributed by atoms with van der Waals surface area (Å²) in [5, 5.41) is 2.55. The largest absolute Gasteiger partial charge is 0.265 e. The number of aromatic nitrogens is 1. The van der Waals surface area contributed by atoms with Gasteiger partial charge < -0.3 is 0 Å². The Labute approximate surface area is 203 Å². The van der Waals surface area contributed by atoms with Crippen molar-refractivity contribution >= 4 is 10.8 Å². The van der Waals surface area contributed by atoms with Crippen LogP contribution in [-0.2, 0) is 0 Å². The summed E-state index contributed by atoms with van der Waals surface area (Å²) in [5.74, 6) is 0.985. The third-order valence-electron chi connectivity index (χ3n) is 6.75. The molecule has 0 spiro atoms. The van der Waals surface area contributed by atoms with Crippen molar-refractivity contribution in [2.45, 2.75) is 39.5 Å². The fourth-order valence-corrected chi connectivity index (χ4v) is 4.77. The SMILES string of the molecule is CC(C)c1ccc(-c2cc3ccc(C(C)C)cc3c(-c3ccncc3)c2-c2ccccc2)cc1. The average Bonchev–Trinajstić information content (AvgIpc) is 2.88. The zero-order valence-corrected chi connectivity index (χ0v) is 20.4. The van der Waals surface area contributed by atoms with Gasteiger partial charge in [-0.3, -0.25) is 4.98 Å². The van der Waals surface area contributed by atoms with E-state index < -0.39 is 0 Å². The first-order chi connectivity index (χ1) is 16.5. The molecule has 0 N–H and O–H groups in total. The number of rotatable bonds is 5. The van der Waals surface area contributed by atoms with Crippen LogP contribution < -0.4 is 0 Å². The second-order valence-corrected chi connectivity index (χ2v) is 9.69. The molecule has 1 aromatic heterocycles. The van der Waals surface area contributed by atoms with Gasteiger partial charge in [0.25, 0.3) is 0 Å². The molecule has 0 aliphatic heterocycles. The highest BCUT2D eigenvalue weighted by atomic mass is 14.6. The maximum atomic E-state index is 4.31.